The Bertz CT molecular complexity index is 669. The van der Waals surface area contributed by atoms with Gasteiger partial charge in [-0.3, -0.25) is 0 Å². The maximum atomic E-state index is 10.3. The molecule has 11 heteroatoms. The summed E-state index contributed by atoms with van der Waals surface area (Å²) in [6.45, 7) is 0. The third-order valence-electron chi connectivity index (χ3n) is 2.01. The summed E-state index contributed by atoms with van der Waals surface area (Å²) in [5, 5.41) is 20.7. The molecule has 23 heavy (non-hydrogen) atoms. The summed E-state index contributed by atoms with van der Waals surface area (Å²) in [6.07, 6.45) is 0. The monoisotopic (exact) mass is 420 g/mol. The zero-order valence-corrected chi connectivity index (χ0v) is 16.3. The molecule has 2 aromatic rings. The quantitative estimate of drug-likeness (QED) is 0.531. The minimum absolute atomic E-state index is 0. The second-order valence-corrected chi connectivity index (χ2v) is 5.09. The number of carboxylic acid groups (broad SMARTS) is 2. The van der Waals surface area contributed by atoms with Gasteiger partial charge in [0, 0.05) is 0 Å². The Balaban J connectivity index is 0.000000403. The molecular formula is C12H4CaCl4N2O4. The first kappa shape index (κ1) is 22.7. The van der Waals surface area contributed by atoms with E-state index >= 15 is 0 Å². The zero-order valence-electron chi connectivity index (χ0n) is 11.1. The number of rotatable bonds is 2. The van der Waals surface area contributed by atoms with Gasteiger partial charge in [0.25, 0.3) is 0 Å². The molecule has 0 atom stereocenters. The van der Waals surface area contributed by atoms with Crippen LogP contribution in [0.15, 0.2) is 24.3 Å². The summed E-state index contributed by atoms with van der Waals surface area (Å²) in [5.74, 6) is -2.87. The van der Waals surface area contributed by atoms with Gasteiger partial charge in [0.1, 0.15) is 21.7 Å². The summed E-state index contributed by atoms with van der Waals surface area (Å²) < 4.78 is 0. The van der Waals surface area contributed by atoms with Crippen molar-refractivity contribution in [2.45, 2.75) is 0 Å². The van der Waals surface area contributed by atoms with Crippen molar-refractivity contribution in [3.63, 3.8) is 0 Å². The van der Waals surface area contributed by atoms with Crippen LogP contribution in [0.25, 0.3) is 0 Å². The van der Waals surface area contributed by atoms with E-state index in [0.29, 0.717) is 0 Å². The van der Waals surface area contributed by atoms with E-state index in [4.69, 9.17) is 46.4 Å². The first-order chi connectivity index (χ1) is 10.2. The molecule has 0 aromatic carbocycles. The molecule has 0 N–H and O–H groups in total. The molecule has 116 valence electrons. The minimum Gasteiger partial charge on any atom is -0.543 e. The van der Waals surface area contributed by atoms with Crippen molar-refractivity contribution in [3.8, 4) is 0 Å². The van der Waals surface area contributed by atoms with Crippen molar-refractivity contribution >= 4 is 96.1 Å². The second-order valence-electron chi connectivity index (χ2n) is 3.50. The summed E-state index contributed by atoms with van der Waals surface area (Å²) in [6, 6.07) is 5.50. The van der Waals surface area contributed by atoms with Gasteiger partial charge in [-0.15, -0.1) is 0 Å². The molecule has 0 saturated carbocycles. The summed E-state index contributed by atoms with van der Waals surface area (Å²) >= 11 is 21.7. The Morgan fingerprint density at radius 1 is 0.739 bits per heavy atom. The molecule has 6 nitrogen and oxygen atoms in total. The molecular weight excluding hydrogens is 418 g/mol. The number of aromatic carboxylic acids is 2. The van der Waals surface area contributed by atoms with Crippen molar-refractivity contribution in [3.05, 3.63) is 56.0 Å². The maximum Gasteiger partial charge on any atom is 2.00 e. The van der Waals surface area contributed by atoms with Crippen LogP contribution in [0.3, 0.4) is 0 Å². The molecule has 0 amide bonds. The van der Waals surface area contributed by atoms with Crippen molar-refractivity contribution in [1.29, 1.82) is 0 Å². The average molecular weight is 422 g/mol. The third-order valence-corrected chi connectivity index (χ3v) is 3.04. The fourth-order valence-corrected chi connectivity index (χ4v) is 1.78. The molecule has 2 heterocycles. The van der Waals surface area contributed by atoms with Crippen LogP contribution in [0.4, 0.5) is 0 Å². The number of hydrogen-bond donors (Lipinski definition) is 0. The minimum atomic E-state index is -1.43. The molecule has 2 aromatic heterocycles. The molecule has 0 spiro atoms. The molecule has 0 saturated heterocycles. The SMILES string of the molecule is O=C([O-])c1nc(Cl)ccc1Cl.O=C([O-])c1nc(Cl)ccc1Cl.[Ca+2]. The van der Waals surface area contributed by atoms with E-state index in [-0.39, 0.29) is 69.5 Å². The largest absolute Gasteiger partial charge is 2.00 e. The molecule has 0 aliphatic carbocycles. The van der Waals surface area contributed by atoms with E-state index in [0.717, 1.165) is 0 Å². The Morgan fingerprint density at radius 2 is 1.04 bits per heavy atom. The number of carboxylic acids is 2. The maximum absolute atomic E-state index is 10.3. The zero-order chi connectivity index (χ0) is 16.9. The second kappa shape index (κ2) is 10.5. The predicted octanol–water partition coefficient (Wildman–Crippen LogP) is 1.12. The van der Waals surface area contributed by atoms with E-state index in [1.807, 2.05) is 0 Å². The van der Waals surface area contributed by atoms with Crippen LogP contribution >= 0.6 is 46.4 Å². The molecule has 0 unspecified atom stereocenters. The molecule has 0 aliphatic heterocycles. The number of carbonyl (C=O) groups is 2. The van der Waals surface area contributed by atoms with Gasteiger partial charge in [0.2, 0.25) is 0 Å². The van der Waals surface area contributed by atoms with Gasteiger partial charge in [-0.1, -0.05) is 46.4 Å². The number of carbonyl (C=O) groups excluding carboxylic acids is 2. The van der Waals surface area contributed by atoms with Gasteiger partial charge in [-0.2, -0.15) is 0 Å². The Morgan fingerprint density at radius 3 is 1.26 bits per heavy atom. The van der Waals surface area contributed by atoms with Crippen LogP contribution in [-0.2, 0) is 0 Å². The number of nitrogens with zero attached hydrogens (tertiary/aromatic N) is 2. The van der Waals surface area contributed by atoms with Crippen LogP contribution in [0.5, 0.6) is 0 Å². The van der Waals surface area contributed by atoms with Gasteiger partial charge in [0.05, 0.1) is 22.0 Å². The number of aromatic nitrogens is 2. The molecule has 2 rings (SSSR count). The van der Waals surface area contributed by atoms with Crippen molar-refractivity contribution in [2.24, 2.45) is 0 Å². The summed E-state index contributed by atoms with van der Waals surface area (Å²) in [7, 11) is 0. The van der Waals surface area contributed by atoms with Crippen LogP contribution in [0.1, 0.15) is 21.0 Å². The standard InChI is InChI=1S/2C6H3Cl2NO2.Ca/c2*7-3-1-2-4(8)9-5(3)6(10)11;/h2*1-2H,(H,10,11);/q;;+2/p-2. The van der Waals surface area contributed by atoms with Crippen LogP contribution < -0.4 is 10.2 Å². The van der Waals surface area contributed by atoms with E-state index in [1.165, 1.54) is 24.3 Å². The van der Waals surface area contributed by atoms with Crippen molar-refractivity contribution in [2.75, 3.05) is 0 Å². The van der Waals surface area contributed by atoms with E-state index in [9.17, 15) is 19.8 Å². The van der Waals surface area contributed by atoms with Gasteiger partial charge in [-0.25, -0.2) is 9.97 Å². The van der Waals surface area contributed by atoms with Crippen LogP contribution in [0.2, 0.25) is 20.4 Å². The third kappa shape index (κ3) is 7.39. The summed E-state index contributed by atoms with van der Waals surface area (Å²) in [5.41, 5.74) is -0.668. The summed E-state index contributed by atoms with van der Waals surface area (Å²) in [4.78, 5) is 27.4. The Labute approximate surface area is 180 Å². The van der Waals surface area contributed by atoms with Crippen molar-refractivity contribution in [1.82, 2.24) is 9.97 Å². The van der Waals surface area contributed by atoms with Gasteiger partial charge in [0.15, 0.2) is 0 Å². The normalized spacial score (nSPS) is 9.22. The van der Waals surface area contributed by atoms with Crippen molar-refractivity contribution < 1.29 is 19.8 Å². The first-order valence-corrected chi connectivity index (χ1v) is 6.80. The first-order valence-electron chi connectivity index (χ1n) is 5.29. The average Bonchev–Trinajstić information content (AvgIpc) is 2.44. The van der Waals surface area contributed by atoms with Gasteiger partial charge in [-0.05, 0) is 24.3 Å². The topological polar surface area (TPSA) is 106 Å². The van der Waals surface area contributed by atoms with E-state index < -0.39 is 11.9 Å². The molecule has 0 fully saturated rings. The smallest absolute Gasteiger partial charge is 0.543 e. The molecule has 0 aliphatic rings. The number of pyridine rings is 2. The van der Waals surface area contributed by atoms with E-state index in [2.05, 4.69) is 9.97 Å². The number of halogens is 4. The van der Waals surface area contributed by atoms with Gasteiger partial charge >= 0.3 is 37.7 Å². The Hall–Kier alpha value is -0.340. The fraction of sp³-hybridized carbons (Fsp3) is 0. The predicted molar refractivity (Wildman–Crippen MR) is 82.9 cm³/mol. The van der Waals surface area contributed by atoms with Gasteiger partial charge < -0.3 is 19.8 Å². The van der Waals surface area contributed by atoms with Crippen LogP contribution in [-0.4, -0.2) is 59.6 Å². The molecule has 0 bridgehead atoms. The van der Waals surface area contributed by atoms with E-state index in [1.54, 1.807) is 0 Å². The van der Waals surface area contributed by atoms with Crippen LogP contribution in [0, 0.1) is 0 Å². The fourth-order valence-electron chi connectivity index (χ4n) is 1.12. The Kier molecular flexibility index (Phi) is 10.4. The number of hydrogen-bond acceptors (Lipinski definition) is 6. The molecule has 0 radical (unpaired) electrons.